The second-order valence-electron chi connectivity index (χ2n) is 3.49. The third-order valence-electron chi connectivity index (χ3n) is 2.35. The minimum Gasteiger partial charge on any atom is -0.381 e. The molecule has 0 fully saturated rings. The minimum absolute atomic E-state index is 0.196. The van der Waals surface area contributed by atoms with E-state index >= 15 is 0 Å². The molecule has 0 aromatic heterocycles. The summed E-state index contributed by atoms with van der Waals surface area (Å²) in [5.41, 5.74) is 0.982. The molecule has 1 aromatic carbocycles. The van der Waals surface area contributed by atoms with Crippen molar-refractivity contribution in [3.05, 3.63) is 24.0 Å². The van der Waals surface area contributed by atoms with Gasteiger partial charge in [-0.05, 0) is 24.6 Å². The van der Waals surface area contributed by atoms with Crippen LogP contribution in [0, 0.1) is 17.1 Å². The van der Waals surface area contributed by atoms with Gasteiger partial charge in [0.1, 0.15) is 5.82 Å². The van der Waals surface area contributed by atoms with Crippen molar-refractivity contribution in [3.63, 3.8) is 0 Å². The van der Waals surface area contributed by atoms with Crippen molar-refractivity contribution in [2.24, 2.45) is 0 Å². The van der Waals surface area contributed by atoms with Gasteiger partial charge in [-0.25, -0.2) is 4.39 Å². The molecular weight excluding hydrogens is 211 g/mol. The normalized spacial score (nSPS) is 18.8. The van der Waals surface area contributed by atoms with E-state index in [0.29, 0.717) is 12.5 Å². The van der Waals surface area contributed by atoms with E-state index in [1.54, 1.807) is 23.9 Å². The van der Waals surface area contributed by atoms with Gasteiger partial charge >= 0.3 is 0 Å². The van der Waals surface area contributed by atoms with Gasteiger partial charge < -0.3 is 5.32 Å². The van der Waals surface area contributed by atoms with Gasteiger partial charge in [-0.1, -0.05) is 0 Å². The molecule has 0 saturated carbocycles. The highest BCUT2D eigenvalue weighted by molar-refractivity contribution is 7.99. The summed E-state index contributed by atoms with van der Waals surface area (Å²) in [5, 5.41) is 11.8. The number of halogens is 1. The van der Waals surface area contributed by atoms with E-state index in [4.69, 9.17) is 5.26 Å². The number of thioether (sulfide) groups is 1. The second-order valence-corrected chi connectivity index (χ2v) is 4.55. The van der Waals surface area contributed by atoms with E-state index in [1.165, 1.54) is 6.07 Å². The van der Waals surface area contributed by atoms with Crippen molar-refractivity contribution in [1.29, 1.82) is 5.26 Å². The Labute approximate surface area is 92.5 Å². The van der Waals surface area contributed by atoms with Crippen molar-refractivity contribution in [1.82, 2.24) is 0 Å². The summed E-state index contributed by atoms with van der Waals surface area (Å²) in [6.45, 7) is 0. The lowest BCUT2D eigenvalue weighted by Gasteiger charge is -2.25. The first-order valence-corrected chi connectivity index (χ1v) is 5.84. The number of nitrogens with one attached hydrogen (secondary N) is 1. The molecule has 2 nitrogen and oxygen atoms in total. The number of hydrogen-bond donors (Lipinski definition) is 1. The summed E-state index contributed by atoms with van der Waals surface area (Å²) in [6, 6.07) is 7.23. The number of anilines is 1. The summed E-state index contributed by atoms with van der Waals surface area (Å²) in [5.74, 6) is 0.705. The summed E-state index contributed by atoms with van der Waals surface area (Å²) in [6.07, 6.45) is 1.41. The van der Waals surface area contributed by atoms with Crippen LogP contribution in [0.5, 0.6) is 0 Å². The summed E-state index contributed by atoms with van der Waals surface area (Å²) >= 11 is 1.65. The Hall–Kier alpha value is -1.21. The number of nitrogens with zero attached hydrogens (tertiary/aromatic N) is 1. The predicted octanol–water partition coefficient (Wildman–Crippen LogP) is 3.02. The van der Waals surface area contributed by atoms with Crippen molar-refractivity contribution in [2.45, 2.75) is 23.8 Å². The molecular formula is C11H11FN2S. The van der Waals surface area contributed by atoms with Crippen LogP contribution >= 0.6 is 11.8 Å². The fraction of sp³-hybridized carbons (Fsp3) is 0.364. The SMILES string of the molecule is N#CCCC1CSc2cc(F)ccc2N1. The topological polar surface area (TPSA) is 35.8 Å². The van der Waals surface area contributed by atoms with E-state index in [0.717, 1.165) is 22.8 Å². The van der Waals surface area contributed by atoms with Crippen LogP contribution < -0.4 is 5.32 Å². The smallest absolute Gasteiger partial charge is 0.124 e. The van der Waals surface area contributed by atoms with Crippen molar-refractivity contribution in [2.75, 3.05) is 11.1 Å². The first-order chi connectivity index (χ1) is 7.29. The number of hydrogen-bond acceptors (Lipinski definition) is 3. The molecule has 4 heteroatoms. The van der Waals surface area contributed by atoms with Gasteiger partial charge in [-0.15, -0.1) is 11.8 Å². The van der Waals surface area contributed by atoms with E-state index in [1.807, 2.05) is 0 Å². The standard InChI is InChI=1S/C11H11FN2S/c12-8-3-4-10-11(6-8)15-7-9(14-10)2-1-5-13/h3-4,6,9,14H,1-2,7H2. The zero-order chi connectivity index (χ0) is 10.7. The highest BCUT2D eigenvalue weighted by Gasteiger charge is 2.17. The second kappa shape index (κ2) is 4.54. The largest absolute Gasteiger partial charge is 0.381 e. The van der Waals surface area contributed by atoms with Crippen LogP contribution in [-0.4, -0.2) is 11.8 Å². The molecule has 1 aromatic rings. The van der Waals surface area contributed by atoms with Crippen LogP contribution in [-0.2, 0) is 0 Å². The van der Waals surface area contributed by atoms with Crippen molar-refractivity contribution in [3.8, 4) is 6.07 Å². The Morgan fingerprint density at radius 2 is 2.47 bits per heavy atom. The predicted molar refractivity (Wildman–Crippen MR) is 59.4 cm³/mol. The van der Waals surface area contributed by atoms with E-state index in [2.05, 4.69) is 11.4 Å². The fourth-order valence-corrected chi connectivity index (χ4v) is 2.69. The van der Waals surface area contributed by atoms with Crippen LogP contribution in [0.15, 0.2) is 23.1 Å². The summed E-state index contributed by atoms with van der Waals surface area (Å²) < 4.78 is 12.9. The third-order valence-corrected chi connectivity index (χ3v) is 3.57. The molecule has 1 atom stereocenters. The summed E-state index contributed by atoms with van der Waals surface area (Å²) in [7, 11) is 0. The van der Waals surface area contributed by atoms with Crippen LogP contribution in [0.4, 0.5) is 10.1 Å². The first-order valence-electron chi connectivity index (χ1n) is 4.85. The molecule has 15 heavy (non-hydrogen) atoms. The number of benzene rings is 1. The molecule has 1 heterocycles. The molecule has 0 spiro atoms. The van der Waals surface area contributed by atoms with Crippen LogP contribution in [0.1, 0.15) is 12.8 Å². The lowest BCUT2D eigenvalue weighted by Crippen LogP contribution is -2.25. The Kier molecular flexibility index (Phi) is 3.12. The Morgan fingerprint density at radius 3 is 3.27 bits per heavy atom. The van der Waals surface area contributed by atoms with Crippen LogP contribution in [0.25, 0.3) is 0 Å². The van der Waals surface area contributed by atoms with E-state index in [-0.39, 0.29) is 5.82 Å². The van der Waals surface area contributed by atoms with E-state index in [9.17, 15) is 4.39 Å². The molecule has 0 amide bonds. The van der Waals surface area contributed by atoms with Gasteiger partial charge in [0.25, 0.3) is 0 Å². The van der Waals surface area contributed by atoms with Gasteiger partial charge in [0.2, 0.25) is 0 Å². The first kappa shape index (κ1) is 10.3. The van der Waals surface area contributed by atoms with Gasteiger partial charge in [0.15, 0.2) is 0 Å². The molecule has 0 saturated heterocycles. The van der Waals surface area contributed by atoms with Crippen LogP contribution in [0.2, 0.25) is 0 Å². The van der Waals surface area contributed by atoms with Gasteiger partial charge in [0, 0.05) is 28.8 Å². The quantitative estimate of drug-likeness (QED) is 0.835. The third kappa shape index (κ3) is 2.42. The highest BCUT2D eigenvalue weighted by Crippen LogP contribution is 2.34. The fourth-order valence-electron chi connectivity index (χ4n) is 1.58. The highest BCUT2D eigenvalue weighted by atomic mass is 32.2. The lowest BCUT2D eigenvalue weighted by molar-refractivity contribution is 0.623. The molecule has 0 aliphatic carbocycles. The number of fused-ring (bicyclic) bond motifs is 1. The summed E-state index contributed by atoms with van der Waals surface area (Å²) in [4.78, 5) is 0.961. The van der Waals surface area contributed by atoms with Crippen LogP contribution in [0.3, 0.4) is 0 Å². The Bertz CT molecular complexity index is 400. The Morgan fingerprint density at radius 1 is 1.60 bits per heavy atom. The molecule has 0 radical (unpaired) electrons. The minimum atomic E-state index is -0.196. The Balaban J connectivity index is 2.07. The average molecular weight is 222 g/mol. The number of rotatable bonds is 2. The zero-order valence-electron chi connectivity index (χ0n) is 8.16. The maximum atomic E-state index is 12.9. The lowest BCUT2D eigenvalue weighted by atomic mass is 10.1. The zero-order valence-corrected chi connectivity index (χ0v) is 8.98. The maximum absolute atomic E-state index is 12.9. The molecule has 0 bridgehead atoms. The maximum Gasteiger partial charge on any atom is 0.124 e. The molecule has 78 valence electrons. The molecule has 2 rings (SSSR count). The molecule has 1 aliphatic heterocycles. The van der Waals surface area contributed by atoms with Gasteiger partial charge in [-0.3, -0.25) is 0 Å². The van der Waals surface area contributed by atoms with Crippen molar-refractivity contribution >= 4 is 17.4 Å². The van der Waals surface area contributed by atoms with Gasteiger partial charge in [-0.2, -0.15) is 5.26 Å². The van der Waals surface area contributed by atoms with E-state index < -0.39 is 0 Å². The van der Waals surface area contributed by atoms with Crippen molar-refractivity contribution < 1.29 is 4.39 Å². The molecule has 1 N–H and O–H groups in total. The molecule has 1 aliphatic rings. The number of nitriles is 1. The molecule has 1 unspecified atom stereocenters. The monoisotopic (exact) mass is 222 g/mol. The van der Waals surface area contributed by atoms with Gasteiger partial charge in [0.05, 0.1) is 6.07 Å². The average Bonchev–Trinajstić information content (AvgIpc) is 2.26.